The van der Waals surface area contributed by atoms with E-state index in [1.807, 2.05) is 97.1 Å². The number of rotatable bonds is 4. The van der Waals surface area contributed by atoms with E-state index in [2.05, 4.69) is 60.7 Å². The smallest absolute Gasteiger partial charge is 0.136 e. The predicted octanol–water partition coefficient (Wildman–Crippen LogP) is 13.7. The lowest BCUT2D eigenvalue weighted by Gasteiger charge is -2.18. The highest BCUT2D eigenvalue weighted by atomic mass is 16.3. The Labute approximate surface area is 289 Å². The van der Waals surface area contributed by atoms with Crippen molar-refractivity contribution in [2.75, 3.05) is 0 Å². The third-order valence-corrected chi connectivity index (χ3v) is 9.72. The largest absolute Gasteiger partial charge is 0.456 e. The van der Waals surface area contributed by atoms with Crippen molar-refractivity contribution >= 4 is 54.3 Å². The fraction of sp³-hybridized carbons (Fsp3) is 0. The highest BCUT2D eigenvalue weighted by molar-refractivity contribution is 6.21. The van der Waals surface area contributed by atoms with Gasteiger partial charge in [0.25, 0.3) is 0 Å². The summed E-state index contributed by atoms with van der Waals surface area (Å²) in [5.41, 5.74) is 7.63. The molecule has 1 aromatic heterocycles. The van der Waals surface area contributed by atoms with Gasteiger partial charge in [0.15, 0.2) is 0 Å². The van der Waals surface area contributed by atoms with Crippen molar-refractivity contribution in [3.05, 3.63) is 182 Å². The summed E-state index contributed by atoms with van der Waals surface area (Å²) in [4.78, 5) is 0. The predicted molar refractivity (Wildman–Crippen MR) is 208 cm³/mol. The van der Waals surface area contributed by atoms with E-state index in [4.69, 9.17) is 5.79 Å². The lowest BCUT2D eigenvalue weighted by molar-refractivity contribution is 0.669. The van der Waals surface area contributed by atoms with Gasteiger partial charge in [0.2, 0.25) is 0 Å². The van der Waals surface area contributed by atoms with Crippen molar-refractivity contribution in [3.63, 3.8) is 0 Å². The molecular formula is C48H30O. The minimum atomic E-state index is -0.213. The van der Waals surface area contributed by atoms with E-state index in [0.29, 0.717) is 27.9 Å². The molecule has 228 valence electrons. The maximum absolute atomic E-state index is 9.86. The number of benzene rings is 9. The summed E-state index contributed by atoms with van der Waals surface area (Å²) >= 11 is 0. The maximum Gasteiger partial charge on any atom is 0.136 e. The Morgan fingerprint density at radius 3 is 1.76 bits per heavy atom. The zero-order chi connectivity index (χ0) is 35.8. The van der Waals surface area contributed by atoms with Gasteiger partial charge in [-0.1, -0.05) is 152 Å². The molecule has 1 nitrogen and oxygen atoms in total. The van der Waals surface area contributed by atoms with E-state index in [-0.39, 0.29) is 24.2 Å². The van der Waals surface area contributed by atoms with E-state index < -0.39 is 0 Å². The van der Waals surface area contributed by atoms with Crippen LogP contribution in [0.25, 0.3) is 98.8 Å². The van der Waals surface area contributed by atoms with E-state index in [9.17, 15) is 4.11 Å². The quantitative estimate of drug-likeness (QED) is 0.177. The summed E-state index contributed by atoms with van der Waals surface area (Å²) in [6.45, 7) is 0. The van der Waals surface area contributed by atoms with Gasteiger partial charge >= 0.3 is 0 Å². The van der Waals surface area contributed by atoms with Gasteiger partial charge in [0.1, 0.15) is 11.2 Å². The van der Waals surface area contributed by atoms with Crippen LogP contribution >= 0.6 is 0 Å². The molecule has 0 atom stereocenters. The molecule has 10 aromatic rings. The second-order valence-electron chi connectivity index (χ2n) is 12.5. The molecule has 1 heteroatoms. The van der Waals surface area contributed by atoms with Crippen molar-refractivity contribution in [1.82, 2.24) is 0 Å². The van der Waals surface area contributed by atoms with Crippen molar-refractivity contribution in [1.29, 1.82) is 0 Å². The van der Waals surface area contributed by atoms with Crippen LogP contribution < -0.4 is 0 Å². The minimum Gasteiger partial charge on any atom is -0.456 e. The van der Waals surface area contributed by atoms with Crippen LogP contribution in [0.3, 0.4) is 0 Å². The van der Waals surface area contributed by atoms with Crippen LogP contribution in [0.4, 0.5) is 0 Å². The third kappa shape index (κ3) is 4.47. The second-order valence-corrected chi connectivity index (χ2v) is 12.5. The first-order valence-electron chi connectivity index (χ1n) is 18.5. The molecule has 0 spiro atoms. The summed E-state index contributed by atoms with van der Waals surface area (Å²) in [5, 5.41) is 7.78. The van der Waals surface area contributed by atoms with Crippen LogP contribution in [0, 0.1) is 0 Å². The zero-order valence-electron chi connectivity index (χ0n) is 30.4. The first-order chi connectivity index (χ1) is 26.0. The molecule has 0 aliphatic rings. The summed E-state index contributed by atoms with van der Waals surface area (Å²) in [5.74, 6) is 0. The van der Waals surface area contributed by atoms with Gasteiger partial charge in [-0.25, -0.2) is 0 Å². The van der Waals surface area contributed by atoms with Crippen molar-refractivity contribution in [3.8, 4) is 44.5 Å². The van der Waals surface area contributed by atoms with Crippen LogP contribution in [0.2, 0.25) is 0 Å². The standard InChI is InChI=1S/C48H30O/c1-2-13-32(14-3-1)46-39-18-6-8-20-41(39)47(42-21-9-7-19-40(42)46)37-17-10-16-36(29-37)38-22-11-23-44-48(38)43-27-26-35(30-45(43)49-44)34-25-24-31-12-4-5-15-33(31)28-34/h1-30H/i10D,16D,17D,29D. The van der Waals surface area contributed by atoms with Gasteiger partial charge in [0, 0.05) is 10.8 Å². The number of fused-ring (bicyclic) bond motifs is 6. The highest BCUT2D eigenvalue weighted by Crippen LogP contribution is 2.45. The van der Waals surface area contributed by atoms with E-state index in [0.717, 1.165) is 65.5 Å². The van der Waals surface area contributed by atoms with Crippen LogP contribution in [0.15, 0.2) is 186 Å². The molecule has 0 aliphatic heterocycles. The Bertz CT molecular complexity index is 3050. The molecule has 0 amide bonds. The highest BCUT2D eigenvalue weighted by Gasteiger charge is 2.18. The first kappa shape index (κ1) is 23.8. The van der Waals surface area contributed by atoms with Crippen LogP contribution in [-0.2, 0) is 0 Å². The Balaban J connectivity index is 1.23. The Hall–Kier alpha value is -6.44. The van der Waals surface area contributed by atoms with E-state index in [1.165, 1.54) is 5.39 Å². The molecule has 0 saturated heterocycles. The van der Waals surface area contributed by atoms with Crippen molar-refractivity contribution in [2.24, 2.45) is 0 Å². The SMILES string of the molecule is [2H]c1c([2H])c(-c2c3ccccc3c(-c3ccccc3)c3ccccc23)c([2H])c(-c2cccc3oc4cc(-c5ccc6ccccc6c5)ccc4c23)c1[2H]. The number of furan rings is 1. The minimum absolute atomic E-state index is 0.0494. The molecular weight excluding hydrogens is 593 g/mol. The lowest BCUT2D eigenvalue weighted by Crippen LogP contribution is -1.91. The molecule has 0 saturated carbocycles. The van der Waals surface area contributed by atoms with Gasteiger partial charge in [0.05, 0.1) is 5.48 Å². The molecule has 1 heterocycles. The molecule has 10 rings (SSSR count). The summed E-state index contributed by atoms with van der Waals surface area (Å²) < 4.78 is 44.0. The molecule has 0 N–H and O–H groups in total. The fourth-order valence-corrected chi connectivity index (χ4v) is 7.50. The third-order valence-electron chi connectivity index (χ3n) is 9.72. The molecule has 0 fully saturated rings. The van der Waals surface area contributed by atoms with E-state index >= 15 is 0 Å². The van der Waals surface area contributed by atoms with Gasteiger partial charge in [-0.3, -0.25) is 0 Å². The zero-order valence-corrected chi connectivity index (χ0v) is 26.4. The Morgan fingerprint density at radius 1 is 0.388 bits per heavy atom. The molecule has 0 unspecified atom stereocenters. The number of hydrogen-bond donors (Lipinski definition) is 0. The monoisotopic (exact) mass is 626 g/mol. The lowest BCUT2D eigenvalue weighted by atomic mass is 9.85. The van der Waals surface area contributed by atoms with E-state index in [1.54, 1.807) is 0 Å². The molecule has 9 aromatic carbocycles. The summed E-state index contributed by atoms with van der Waals surface area (Å²) in [6.07, 6.45) is 0. The fourth-order valence-electron chi connectivity index (χ4n) is 7.50. The van der Waals surface area contributed by atoms with Crippen LogP contribution in [0.5, 0.6) is 0 Å². The van der Waals surface area contributed by atoms with Crippen LogP contribution in [0.1, 0.15) is 5.48 Å². The average molecular weight is 627 g/mol. The van der Waals surface area contributed by atoms with Gasteiger partial charge < -0.3 is 4.42 Å². The summed E-state index contributed by atoms with van der Waals surface area (Å²) in [7, 11) is 0. The summed E-state index contributed by atoms with van der Waals surface area (Å²) in [6, 6.07) is 52.7. The maximum atomic E-state index is 9.86. The van der Waals surface area contributed by atoms with Crippen LogP contribution in [-0.4, -0.2) is 0 Å². The molecule has 0 bridgehead atoms. The van der Waals surface area contributed by atoms with Gasteiger partial charge in [-0.05, 0) is 107 Å². The Kier molecular flexibility index (Phi) is 5.38. The second kappa shape index (κ2) is 11.1. The molecule has 49 heavy (non-hydrogen) atoms. The topological polar surface area (TPSA) is 13.1 Å². The first-order valence-corrected chi connectivity index (χ1v) is 16.5. The average Bonchev–Trinajstić information content (AvgIpc) is 3.59. The molecule has 0 radical (unpaired) electrons. The molecule has 0 aliphatic carbocycles. The van der Waals surface area contributed by atoms with Gasteiger partial charge in [-0.2, -0.15) is 0 Å². The van der Waals surface area contributed by atoms with Crippen molar-refractivity contribution < 1.29 is 9.90 Å². The number of hydrogen-bond acceptors (Lipinski definition) is 1. The van der Waals surface area contributed by atoms with Gasteiger partial charge in [-0.15, -0.1) is 0 Å². The normalized spacial score (nSPS) is 12.8. The Morgan fingerprint density at radius 2 is 1.00 bits per heavy atom. The van der Waals surface area contributed by atoms with Crippen molar-refractivity contribution in [2.45, 2.75) is 0 Å².